The van der Waals surface area contributed by atoms with E-state index in [2.05, 4.69) is 15.5 Å². The van der Waals surface area contributed by atoms with Crippen molar-refractivity contribution in [2.24, 2.45) is 0 Å². The molecular formula is C15H19N3O2. The minimum atomic E-state index is 0.381. The number of aromatic nitrogens is 2. The summed E-state index contributed by atoms with van der Waals surface area (Å²) in [6, 6.07) is 7.92. The number of nitrogens with one attached hydrogen (secondary N) is 1. The van der Waals surface area contributed by atoms with Crippen molar-refractivity contribution < 1.29 is 9.26 Å². The lowest BCUT2D eigenvalue weighted by Gasteiger charge is -2.19. The van der Waals surface area contributed by atoms with Crippen LogP contribution in [-0.4, -0.2) is 30.3 Å². The monoisotopic (exact) mass is 273 g/mol. The van der Waals surface area contributed by atoms with E-state index in [1.807, 2.05) is 24.3 Å². The summed E-state index contributed by atoms with van der Waals surface area (Å²) < 4.78 is 10.6. The van der Waals surface area contributed by atoms with Crippen molar-refractivity contribution in [3.05, 3.63) is 41.5 Å². The molecule has 1 aliphatic heterocycles. The average Bonchev–Trinajstić information content (AvgIpc) is 2.97. The molecule has 1 aliphatic rings. The molecular weight excluding hydrogens is 254 g/mol. The van der Waals surface area contributed by atoms with Gasteiger partial charge in [-0.05, 0) is 37.1 Å². The molecule has 5 heteroatoms. The van der Waals surface area contributed by atoms with Crippen molar-refractivity contribution in [3.63, 3.8) is 0 Å². The van der Waals surface area contributed by atoms with E-state index in [1.54, 1.807) is 7.11 Å². The predicted octanol–water partition coefficient (Wildman–Crippen LogP) is 2.14. The molecule has 1 atom stereocenters. The molecule has 1 saturated heterocycles. The van der Waals surface area contributed by atoms with Crippen LogP contribution < -0.4 is 10.1 Å². The maximum atomic E-state index is 5.37. The van der Waals surface area contributed by atoms with Gasteiger partial charge in [0.1, 0.15) is 5.75 Å². The van der Waals surface area contributed by atoms with E-state index in [1.165, 1.54) is 6.42 Å². The van der Waals surface area contributed by atoms with Crippen molar-refractivity contribution >= 4 is 0 Å². The molecule has 0 spiro atoms. The summed E-state index contributed by atoms with van der Waals surface area (Å²) in [6.45, 7) is 2.03. The first-order valence-corrected chi connectivity index (χ1v) is 7.01. The van der Waals surface area contributed by atoms with Crippen LogP contribution in [0, 0.1) is 0 Å². The lowest BCUT2D eigenvalue weighted by atomic mass is 9.99. The second-order valence-corrected chi connectivity index (χ2v) is 5.12. The second-order valence-electron chi connectivity index (χ2n) is 5.12. The van der Waals surface area contributed by atoms with Gasteiger partial charge < -0.3 is 14.6 Å². The van der Waals surface area contributed by atoms with E-state index in [-0.39, 0.29) is 0 Å². The number of hydrogen-bond donors (Lipinski definition) is 1. The molecule has 0 bridgehead atoms. The third kappa shape index (κ3) is 2.99. The summed E-state index contributed by atoms with van der Waals surface area (Å²) >= 11 is 0. The highest BCUT2D eigenvalue weighted by Gasteiger charge is 2.20. The molecule has 20 heavy (non-hydrogen) atoms. The molecule has 1 unspecified atom stereocenters. The van der Waals surface area contributed by atoms with E-state index < -0.39 is 0 Å². The Morgan fingerprint density at radius 2 is 2.40 bits per heavy atom. The first-order valence-electron chi connectivity index (χ1n) is 7.01. The molecule has 1 N–H and O–H groups in total. The number of ether oxygens (including phenoxy) is 1. The zero-order chi connectivity index (χ0) is 13.8. The van der Waals surface area contributed by atoms with E-state index in [0.29, 0.717) is 18.2 Å². The zero-order valence-electron chi connectivity index (χ0n) is 11.6. The van der Waals surface area contributed by atoms with E-state index in [0.717, 1.165) is 36.6 Å². The fourth-order valence-electron chi connectivity index (χ4n) is 2.53. The van der Waals surface area contributed by atoms with Crippen molar-refractivity contribution in [3.8, 4) is 5.75 Å². The van der Waals surface area contributed by atoms with Gasteiger partial charge in [0.2, 0.25) is 5.89 Å². The van der Waals surface area contributed by atoms with Crippen LogP contribution in [0.5, 0.6) is 5.75 Å². The first-order chi connectivity index (χ1) is 9.85. The van der Waals surface area contributed by atoms with Gasteiger partial charge in [0.15, 0.2) is 5.82 Å². The predicted molar refractivity (Wildman–Crippen MR) is 74.9 cm³/mol. The molecule has 0 radical (unpaired) electrons. The number of rotatable bonds is 4. The minimum Gasteiger partial charge on any atom is -0.497 e. The maximum absolute atomic E-state index is 5.37. The topological polar surface area (TPSA) is 60.2 Å². The fraction of sp³-hybridized carbons (Fsp3) is 0.467. The van der Waals surface area contributed by atoms with Gasteiger partial charge in [0.05, 0.1) is 13.5 Å². The normalized spacial score (nSPS) is 18.9. The smallest absolute Gasteiger partial charge is 0.231 e. The molecule has 2 aromatic rings. The number of hydrogen-bond acceptors (Lipinski definition) is 5. The molecule has 1 fully saturated rings. The Morgan fingerprint density at radius 1 is 1.45 bits per heavy atom. The Kier molecular flexibility index (Phi) is 3.97. The molecule has 2 heterocycles. The molecule has 0 amide bonds. The van der Waals surface area contributed by atoms with Gasteiger partial charge >= 0.3 is 0 Å². The van der Waals surface area contributed by atoms with Crippen LogP contribution in [0.3, 0.4) is 0 Å². The van der Waals surface area contributed by atoms with Gasteiger partial charge in [-0.3, -0.25) is 0 Å². The molecule has 0 saturated carbocycles. The summed E-state index contributed by atoms with van der Waals surface area (Å²) in [5.74, 6) is 2.72. The van der Waals surface area contributed by atoms with Crippen LogP contribution in [0.15, 0.2) is 28.8 Å². The molecule has 5 nitrogen and oxygen atoms in total. The van der Waals surface area contributed by atoms with Crippen LogP contribution >= 0.6 is 0 Å². The van der Waals surface area contributed by atoms with Crippen molar-refractivity contribution in [2.75, 3.05) is 20.2 Å². The summed E-state index contributed by atoms with van der Waals surface area (Å²) in [5.41, 5.74) is 1.11. The third-order valence-electron chi connectivity index (χ3n) is 3.64. The Labute approximate surface area is 118 Å². The van der Waals surface area contributed by atoms with Crippen LogP contribution in [0.25, 0.3) is 0 Å². The standard InChI is InChI=1S/C15H19N3O2/c1-19-13-6-2-4-11(8-13)9-14-17-15(18-20-14)12-5-3-7-16-10-12/h2,4,6,8,12,16H,3,5,7,9-10H2,1H3. The number of benzene rings is 1. The van der Waals surface area contributed by atoms with Crippen LogP contribution in [-0.2, 0) is 6.42 Å². The van der Waals surface area contributed by atoms with Gasteiger partial charge in [-0.15, -0.1) is 0 Å². The van der Waals surface area contributed by atoms with Crippen LogP contribution in [0.2, 0.25) is 0 Å². The van der Waals surface area contributed by atoms with Gasteiger partial charge in [0.25, 0.3) is 0 Å². The van der Waals surface area contributed by atoms with Crippen LogP contribution in [0.1, 0.15) is 36.0 Å². The largest absolute Gasteiger partial charge is 0.497 e. The average molecular weight is 273 g/mol. The lowest BCUT2D eigenvalue weighted by molar-refractivity contribution is 0.365. The number of methoxy groups -OCH3 is 1. The van der Waals surface area contributed by atoms with Gasteiger partial charge in [-0.25, -0.2) is 0 Å². The van der Waals surface area contributed by atoms with Gasteiger partial charge in [-0.2, -0.15) is 4.98 Å². The minimum absolute atomic E-state index is 0.381. The first kappa shape index (κ1) is 13.1. The summed E-state index contributed by atoms with van der Waals surface area (Å²) in [7, 11) is 1.67. The SMILES string of the molecule is COc1cccc(Cc2nc(C3CCCNC3)no2)c1. The fourth-order valence-corrected chi connectivity index (χ4v) is 2.53. The van der Waals surface area contributed by atoms with Gasteiger partial charge in [-0.1, -0.05) is 17.3 Å². The van der Waals surface area contributed by atoms with Crippen molar-refractivity contribution in [1.29, 1.82) is 0 Å². The Hall–Kier alpha value is -1.88. The molecule has 3 rings (SSSR count). The number of piperidine rings is 1. The Balaban J connectivity index is 1.70. The highest BCUT2D eigenvalue weighted by atomic mass is 16.5. The summed E-state index contributed by atoms with van der Waals surface area (Å²) in [6.07, 6.45) is 2.94. The quantitative estimate of drug-likeness (QED) is 0.924. The second kappa shape index (κ2) is 6.05. The lowest BCUT2D eigenvalue weighted by Crippen LogP contribution is -2.28. The molecule has 1 aromatic carbocycles. The van der Waals surface area contributed by atoms with Gasteiger partial charge in [0, 0.05) is 12.5 Å². The third-order valence-corrected chi connectivity index (χ3v) is 3.64. The highest BCUT2D eigenvalue weighted by molar-refractivity contribution is 5.29. The maximum Gasteiger partial charge on any atom is 0.231 e. The van der Waals surface area contributed by atoms with E-state index in [4.69, 9.17) is 9.26 Å². The Bertz CT molecular complexity index is 562. The van der Waals surface area contributed by atoms with E-state index in [9.17, 15) is 0 Å². The van der Waals surface area contributed by atoms with Crippen LogP contribution in [0.4, 0.5) is 0 Å². The summed E-state index contributed by atoms with van der Waals surface area (Å²) in [4.78, 5) is 4.53. The Morgan fingerprint density at radius 3 is 3.20 bits per heavy atom. The molecule has 106 valence electrons. The molecule has 1 aromatic heterocycles. The zero-order valence-corrected chi connectivity index (χ0v) is 11.6. The highest BCUT2D eigenvalue weighted by Crippen LogP contribution is 2.21. The number of nitrogens with zero attached hydrogens (tertiary/aromatic N) is 2. The van der Waals surface area contributed by atoms with Crippen molar-refractivity contribution in [2.45, 2.75) is 25.2 Å². The summed E-state index contributed by atoms with van der Waals surface area (Å²) in [5, 5.41) is 7.49. The van der Waals surface area contributed by atoms with E-state index >= 15 is 0 Å². The molecule has 0 aliphatic carbocycles. The van der Waals surface area contributed by atoms with Crippen molar-refractivity contribution in [1.82, 2.24) is 15.5 Å².